The summed E-state index contributed by atoms with van der Waals surface area (Å²) in [6.45, 7) is 5.02. The lowest BCUT2D eigenvalue weighted by Gasteiger charge is -2.17. The van der Waals surface area contributed by atoms with Crippen molar-refractivity contribution in [1.29, 1.82) is 0 Å². The van der Waals surface area contributed by atoms with E-state index >= 15 is 0 Å². The second-order valence-electron chi connectivity index (χ2n) is 5.29. The summed E-state index contributed by atoms with van der Waals surface area (Å²) in [5.41, 5.74) is 1.74. The maximum Gasteiger partial charge on any atom is 0.338 e. The minimum Gasteiger partial charge on any atom is -0.465 e. The second-order valence-corrected chi connectivity index (χ2v) is 6.97. The van der Waals surface area contributed by atoms with Gasteiger partial charge in [-0.25, -0.2) is 17.9 Å². The van der Waals surface area contributed by atoms with E-state index in [4.69, 9.17) is 0 Å². The summed E-state index contributed by atoms with van der Waals surface area (Å²) in [6.07, 6.45) is 3.06. The van der Waals surface area contributed by atoms with Gasteiger partial charge in [0.2, 0.25) is 10.0 Å². The summed E-state index contributed by atoms with van der Waals surface area (Å²) in [7, 11) is -2.59. The summed E-state index contributed by atoms with van der Waals surface area (Å²) >= 11 is 0. The Kier molecular flexibility index (Phi) is 5.30. The number of rotatable bonds is 5. The Hall–Kier alpha value is -2.32. The van der Waals surface area contributed by atoms with Crippen LogP contribution in [0.5, 0.6) is 0 Å². The van der Waals surface area contributed by atoms with Crippen molar-refractivity contribution in [3.63, 3.8) is 0 Å². The average molecular weight is 349 g/mol. The van der Waals surface area contributed by atoms with E-state index < -0.39 is 22.0 Å². The van der Waals surface area contributed by atoms with Crippen LogP contribution in [0.4, 0.5) is 0 Å². The Balaban J connectivity index is 2.38. The van der Waals surface area contributed by atoms with Gasteiger partial charge in [-0.3, -0.25) is 9.97 Å². The van der Waals surface area contributed by atoms with E-state index in [2.05, 4.69) is 19.4 Å². The zero-order valence-electron chi connectivity index (χ0n) is 13.9. The SMILES string of the molecule is COC(=O)c1cccc(S(=O)(=O)N[C@@H](C)c2nccnc2C)c1C. The zero-order chi connectivity index (χ0) is 17.9. The third-order valence-corrected chi connectivity index (χ3v) is 5.33. The normalized spacial score (nSPS) is 12.7. The molecule has 1 N–H and O–H groups in total. The number of hydrogen-bond acceptors (Lipinski definition) is 6. The van der Waals surface area contributed by atoms with E-state index in [1.807, 2.05) is 0 Å². The van der Waals surface area contributed by atoms with Crippen molar-refractivity contribution in [2.75, 3.05) is 7.11 Å². The van der Waals surface area contributed by atoms with E-state index in [9.17, 15) is 13.2 Å². The van der Waals surface area contributed by atoms with Crippen LogP contribution in [0.3, 0.4) is 0 Å². The molecule has 0 radical (unpaired) electrons. The van der Waals surface area contributed by atoms with Crippen molar-refractivity contribution in [2.45, 2.75) is 31.7 Å². The quantitative estimate of drug-likeness (QED) is 0.828. The first-order valence-corrected chi connectivity index (χ1v) is 8.74. The van der Waals surface area contributed by atoms with Gasteiger partial charge in [0.25, 0.3) is 0 Å². The highest BCUT2D eigenvalue weighted by Crippen LogP contribution is 2.22. The molecular formula is C16H19N3O4S. The van der Waals surface area contributed by atoms with Crippen LogP contribution in [0.15, 0.2) is 35.5 Å². The number of ether oxygens (including phenoxy) is 1. The molecule has 0 spiro atoms. The molecule has 0 fully saturated rings. The van der Waals surface area contributed by atoms with Crippen LogP contribution in [0, 0.1) is 13.8 Å². The smallest absolute Gasteiger partial charge is 0.338 e. The number of esters is 1. The van der Waals surface area contributed by atoms with Crippen LogP contribution < -0.4 is 4.72 Å². The van der Waals surface area contributed by atoms with Crippen molar-refractivity contribution in [3.05, 3.63) is 53.1 Å². The molecule has 1 atom stereocenters. The van der Waals surface area contributed by atoms with Gasteiger partial charge in [0.05, 0.1) is 35.0 Å². The predicted octanol–water partition coefficient (Wildman–Crippen LogP) is 1.92. The van der Waals surface area contributed by atoms with Gasteiger partial charge < -0.3 is 4.74 Å². The molecule has 0 saturated heterocycles. The largest absolute Gasteiger partial charge is 0.465 e. The van der Waals surface area contributed by atoms with E-state index in [0.29, 0.717) is 17.0 Å². The number of aromatic nitrogens is 2. The number of carbonyl (C=O) groups excluding carboxylic acids is 1. The van der Waals surface area contributed by atoms with Gasteiger partial charge in [-0.2, -0.15) is 0 Å². The van der Waals surface area contributed by atoms with Crippen LogP contribution in [0.25, 0.3) is 0 Å². The number of benzene rings is 1. The number of carbonyl (C=O) groups is 1. The molecule has 0 amide bonds. The highest BCUT2D eigenvalue weighted by Gasteiger charge is 2.24. The summed E-state index contributed by atoms with van der Waals surface area (Å²) < 4.78 is 32.7. The minimum absolute atomic E-state index is 0.0267. The number of aryl methyl sites for hydroxylation is 1. The van der Waals surface area contributed by atoms with Crippen LogP contribution in [-0.4, -0.2) is 31.5 Å². The fourth-order valence-corrected chi connectivity index (χ4v) is 3.91. The number of methoxy groups -OCH3 is 1. The first kappa shape index (κ1) is 18.0. The Bertz CT molecular complexity index is 865. The topological polar surface area (TPSA) is 98.2 Å². The molecule has 0 unspecified atom stereocenters. The lowest BCUT2D eigenvalue weighted by Crippen LogP contribution is -2.29. The molecule has 2 aromatic rings. The highest BCUT2D eigenvalue weighted by atomic mass is 32.2. The average Bonchev–Trinajstić information content (AvgIpc) is 2.54. The lowest BCUT2D eigenvalue weighted by atomic mass is 10.1. The van der Waals surface area contributed by atoms with Gasteiger partial charge in [-0.1, -0.05) is 6.07 Å². The second kappa shape index (κ2) is 7.06. The molecule has 1 heterocycles. The summed E-state index contributed by atoms with van der Waals surface area (Å²) in [5, 5.41) is 0. The molecule has 0 aliphatic heterocycles. The van der Waals surface area contributed by atoms with Gasteiger partial charge in [-0.05, 0) is 38.5 Å². The molecular weight excluding hydrogens is 330 g/mol. The van der Waals surface area contributed by atoms with E-state index in [0.717, 1.165) is 0 Å². The molecule has 7 nitrogen and oxygen atoms in total. The number of sulfonamides is 1. The third kappa shape index (κ3) is 3.60. The van der Waals surface area contributed by atoms with Gasteiger partial charge in [-0.15, -0.1) is 0 Å². The molecule has 24 heavy (non-hydrogen) atoms. The maximum absolute atomic E-state index is 12.7. The molecule has 0 aliphatic rings. The fraction of sp³-hybridized carbons (Fsp3) is 0.312. The molecule has 0 bridgehead atoms. The minimum atomic E-state index is -3.84. The predicted molar refractivity (Wildman–Crippen MR) is 88.0 cm³/mol. The highest BCUT2D eigenvalue weighted by molar-refractivity contribution is 7.89. The van der Waals surface area contributed by atoms with E-state index in [1.54, 1.807) is 27.0 Å². The summed E-state index contributed by atoms with van der Waals surface area (Å²) in [6, 6.07) is 3.91. The van der Waals surface area contributed by atoms with Crippen molar-refractivity contribution < 1.29 is 17.9 Å². The van der Waals surface area contributed by atoms with Gasteiger partial charge in [0.15, 0.2) is 0 Å². The molecule has 1 aromatic carbocycles. The van der Waals surface area contributed by atoms with Crippen LogP contribution in [0.1, 0.15) is 40.3 Å². The number of nitrogens with one attached hydrogen (secondary N) is 1. The fourth-order valence-electron chi connectivity index (χ4n) is 2.43. The maximum atomic E-state index is 12.7. The van der Waals surface area contributed by atoms with Crippen LogP contribution >= 0.6 is 0 Å². The Morgan fingerprint density at radius 2 is 1.88 bits per heavy atom. The first-order valence-electron chi connectivity index (χ1n) is 7.25. The van der Waals surface area contributed by atoms with Gasteiger partial charge in [0.1, 0.15) is 0 Å². The Morgan fingerprint density at radius 1 is 1.21 bits per heavy atom. The Labute approximate surface area is 141 Å². The lowest BCUT2D eigenvalue weighted by molar-refractivity contribution is 0.0599. The van der Waals surface area contributed by atoms with Crippen molar-refractivity contribution in [2.24, 2.45) is 0 Å². The molecule has 1 aromatic heterocycles. The standard InChI is InChI=1S/C16H19N3O4S/c1-10-13(16(20)23-4)6-5-7-14(10)24(21,22)19-12(3)15-11(2)17-8-9-18-15/h5-9,12,19H,1-4H3/t12-/m0/s1. The Morgan fingerprint density at radius 3 is 2.50 bits per heavy atom. The van der Waals surface area contributed by atoms with Crippen LogP contribution in [0.2, 0.25) is 0 Å². The van der Waals surface area contributed by atoms with Crippen LogP contribution in [-0.2, 0) is 14.8 Å². The van der Waals surface area contributed by atoms with Crippen molar-refractivity contribution >= 4 is 16.0 Å². The molecule has 2 rings (SSSR count). The van der Waals surface area contributed by atoms with E-state index in [-0.39, 0.29) is 10.5 Å². The molecule has 128 valence electrons. The number of hydrogen-bond donors (Lipinski definition) is 1. The molecule has 0 saturated carbocycles. The summed E-state index contributed by atoms with van der Waals surface area (Å²) in [4.78, 5) is 20.1. The van der Waals surface area contributed by atoms with Crippen molar-refractivity contribution in [1.82, 2.24) is 14.7 Å². The summed E-state index contributed by atoms with van der Waals surface area (Å²) in [5.74, 6) is -0.581. The first-order chi connectivity index (χ1) is 11.3. The van der Waals surface area contributed by atoms with E-state index in [1.165, 1.54) is 31.5 Å². The van der Waals surface area contributed by atoms with Gasteiger partial charge in [0, 0.05) is 12.4 Å². The zero-order valence-corrected chi connectivity index (χ0v) is 14.7. The monoisotopic (exact) mass is 349 g/mol. The molecule has 0 aliphatic carbocycles. The van der Waals surface area contributed by atoms with Crippen molar-refractivity contribution in [3.8, 4) is 0 Å². The number of nitrogens with zero attached hydrogens (tertiary/aromatic N) is 2. The third-order valence-electron chi connectivity index (χ3n) is 3.64. The molecule has 8 heteroatoms. The van der Waals surface area contributed by atoms with Gasteiger partial charge >= 0.3 is 5.97 Å².